The summed E-state index contributed by atoms with van der Waals surface area (Å²) in [6.07, 6.45) is 0.866. The number of rotatable bonds is 18. The number of nitrogens with zero attached hydrogens (tertiary/aromatic N) is 1. The second kappa shape index (κ2) is 21.0. The first-order chi connectivity index (χ1) is 28.4. The monoisotopic (exact) mass is 804 g/mol. The summed E-state index contributed by atoms with van der Waals surface area (Å²) in [7, 11) is 3.00. The predicted octanol–water partition coefficient (Wildman–Crippen LogP) is 6.75. The molecule has 0 saturated heterocycles. The fraction of sp³-hybridized carbons (Fsp3) is 0.383. The lowest BCUT2D eigenvalue weighted by Gasteiger charge is -2.36. The maximum Gasteiger partial charge on any atom is 0.408 e. The number of alkyl carbamates (subject to hydrolysis) is 1. The summed E-state index contributed by atoms with van der Waals surface area (Å²) in [5.74, 6) is -0.339. The number of methoxy groups -OCH3 is 2. The van der Waals surface area contributed by atoms with Crippen molar-refractivity contribution in [2.24, 2.45) is 0 Å². The van der Waals surface area contributed by atoms with Crippen molar-refractivity contribution in [3.63, 3.8) is 0 Å². The molecule has 12 nitrogen and oxygen atoms in total. The van der Waals surface area contributed by atoms with E-state index in [0.29, 0.717) is 55.8 Å². The number of nitrogens with one attached hydrogen (secondary N) is 3. The van der Waals surface area contributed by atoms with Gasteiger partial charge in [0.25, 0.3) is 0 Å². The quantitative estimate of drug-likeness (QED) is 0.0739. The molecule has 12 heteroatoms. The fourth-order valence-corrected chi connectivity index (χ4v) is 7.18. The van der Waals surface area contributed by atoms with Gasteiger partial charge in [0, 0.05) is 50.4 Å². The number of amides is 4. The minimum Gasteiger partial charge on any atom is -0.493 e. The standard InChI is InChI=1S/C47H56N4O8/c1-47(2,3)59-46(56)50-38(44(54)49-30-37(32-16-8-6-9-17-32)33-18-10-7-11-19-33)22-14-15-27-48-45(55)39-28-34-20-12-13-21-36(34)31-51(39)43(53)26-24-40(52)35-23-25-41(57-4)42(29-35)58-5/h6-13,16-21,23,25,29,37-39H,14-15,22,24,26-28,30-31H2,1-5H3,(H,48,55)(H,49,54)(H,50,56)/t38-,39-/m0/s1. The highest BCUT2D eigenvalue weighted by molar-refractivity contribution is 5.99. The Balaban J connectivity index is 1.18. The van der Waals surface area contributed by atoms with Gasteiger partial charge in [0.1, 0.15) is 17.7 Å². The first-order valence-electron chi connectivity index (χ1n) is 20.1. The number of benzene rings is 4. The second-order valence-electron chi connectivity index (χ2n) is 15.6. The number of ether oxygens (including phenoxy) is 3. The number of carbonyl (C=O) groups excluding carboxylic acids is 5. The molecule has 4 aromatic carbocycles. The van der Waals surface area contributed by atoms with E-state index >= 15 is 0 Å². The van der Waals surface area contributed by atoms with Gasteiger partial charge in [-0.3, -0.25) is 19.2 Å². The van der Waals surface area contributed by atoms with Crippen LogP contribution in [0.25, 0.3) is 0 Å². The Morgan fingerprint density at radius 2 is 1.37 bits per heavy atom. The highest BCUT2D eigenvalue weighted by atomic mass is 16.6. The molecule has 1 aliphatic heterocycles. The minimum atomic E-state index is -0.877. The van der Waals surface area contributed by atoms with Gasteiger partial charge >= 0.3 is 6.09 Å². The molecule has 4 amide bonds. The largest absolute Gasteiger partial charge is 0.493 e. The molecule has 4 aromatic rings. The minimum absolute atomic E-state index is 0.0357. The smallest absolute Gasteiger partial charge is 0.408 e. The Hall–Kier alpha value is -6.17. The van der Waals surface area contributed by atoms with Crippen LogP contribution >= 0.6 is 0 Å². The molecule has 1 aliphatic rings. The number of hydrogen-bond donors (Lipinski definition) is 3. The van der Waals surface area contributed by atoms with Gasteiger partial charge in [-0.05, 0) is 80.5 Å². The molecule has 0 bridgehead atoms. The molecule has 0 fully saturated rings. The average Bonchev–Trinajstić information content (AvgIpc) is 3.24. The highest BCUT2D eigenvalue weighted by Crippen LogP contribution is 2.29. The number of hydrogen-bond acceptors (Lipinski definition) is 8. The van der Waals surface area contributed by atoms with E-state index in [1.165, 1.54) is 14.2 Å². The number of ketones is 1. The predicted molar refractivity (Wildman–Crippen MR) is 225 cm³/mol. The average molecular weight is 805 g/mol. The molecule has 1 heterocycles. The lowest BCUT2D eigenvalue weighted by Crippen LogP contribution is -2.52. The van der Waals surface area contributed by atoms with Crippen molar-refractivity contribution in [1.29, 1.82) is 0 Å². The van der Waals surface area contributed by atoms with E-state index in [2.05, 4.69) is 16.0 Å². The molecule has 0 unspecified atom stereocenters. The molecule has 312 valence electrons. The van der Waals surface area contributed by atoms with Crippen LogP contribution in [0, 0.1) is 0 Å². The number of fused-ring (bicyclic) bond motifs is 1. The Morgan fingerprint density at radius 3 is 2.00 bits per heavy atom. The zero-order valence-electron chi connectivity index (χ0n) is 34.6. The van der Waals surface area contributed by atoms with Gasteiger partial charge in [-0.25, -0.2) is 4.79 Å². The second-order valence-corrected chi connectivity index (χ2v) is 15.6. The molecule has 59 heavy (non-hydrogen) atoms. The molecule has 0 spiro atoms. The summed E-state index contributed by atoms with van der Waals surface area (Å²) < 4.78 is 16.1. The van der Waals surface area contributed by atoms with Gasteiger partial charge in [0.15, 0.2) is 17.3 Å². The Labute approximate surface area is 347 Å². The van der Waals surface area contributed by atoms with Crippen LogP contribution in [0.3, 0.4) is 0 Å². The van der Waals surface area contributed by atoms with Crippen LogP contribution in [0.2, 0.25) is 0 Å². The Kier molecular flexibility index (Phi) is 15.7. The number of carbonyl (C=O) groups is 5. The van der Waals surface area contributed by atoms with Crippen LogP contribution in [0.15, 0.2) is 103 Å². The Morgan fingerprint density at radius 1 is 0.746 bits per heavy atom. The summed E-state index contributed by atoms with van der Waals surface area (Å²) in [6.45, 7) is 6.14. The van der Waals surface area contributed by atoms with Crippen LogP contribution in [-0.4, -0.2) is 79.5 Å². The summed E-state index contributed by atoms with van der Waals surface area (Å²) >= 11 is 0. The van der Waals surface area contributed by atoms with Gasteiger partial charge in [-0.2, -0.15) is 0 Å². The summed E-state index contributed by atoms with van der Waals surface area (Å²) in [5, 5.41) is 8.81. The van der Waals surface area contributed by atoms with Gasteiger partial charge in [0.05, 0.1) is 14.2 Å². The van der Waals surface area contributed by atoms with Crippen molar-refractivity contribution in [3.05, 3.63) is 131 Å². The Bertz CT molecular complexity index is 2010. The lowest BCUT2D eigenvalue weighted by atomic mass is 9.91. The molecule has 0 aliphatic carbocycles. The van der Waals surface area contributed by atoms with E-state index < -0.39 is 23.8 Å². The van der Waals surface area contributed by atoms with Crippen molar-refractivity contribution in [1.82, 2.24) is 20.9 Å². The van der Waals surface area contributed by atoms with E-state index in [1.54, 1.807) is 43.9 Å². The molecule has 0 aromatic heterocycles. The van der Waals surface area contributed by atoms with Gasteiger partial charge in [-0.15, -0.1) is 0 Å². The first kappa shape index (κ1) is 43.9. The molecular formula is C47H56N4O8. The molecule has 2 atom stereocenters. The van der Waals surface area contributed by atoms with Crippen LogP contribution in [0.1, 0.15) is 91.4 Å². The SMILES string of the molecule is COc1ccc(C(=O)CCC(=O)N2Cc3ccccc3C[C@H]2C(=O)NCCCC[C@H](NC(=O)OC(C)(C)C)C(=O)NCC(c2ccccc2)c2ccccc2)cc1OC. The third-order valence-corrected chi connectivity index (χ3v) is 10.3. The highest BCUT2D eigenvalue weighted by Gasteiger charge is 2.34. The van der Waals surface area contributed by atoms with Gasteiger partial charge in [0.2, 0.25) is 17.7 Å². The van der Waals surface area contributed by atoms with Crippen LogP contribution in [0.4, 0.5) is 4.79 Å². The summed E-state index contributed by atoms with van der Waals surface area (Å²) in [4.78, 5) is 68.7. The summed E-state index contributed by atoms with van der Waals surface area (Å²) in [6, 6.07) is 30.8. The van der Waals surface area contributed by atoms with E-state index in [9.17, 15) is 24.0 Å². The maximum absolute atomic E-state index is 13.7. The zero-order valence-corrected chi connectivity index (χ0v) is 34.6. The molecule has 3 N–H and O–H groups in total. The van der Waals surface area contributed by atoms with Gasteiger partial charge in [-0.1, -0.05) is 84.9 Å². The molecule has 0 radical (unpaired) electrons. The topological polar surface area (TPSA) is 152 Å². The molecule has 0 saturated carbocycles. The van der Waals surface area contributed by atoms with E-state index in [0.717, 1.165) is 22.3 Å². The third-order valence-electron chi connectivity index (χ3n) is 10.3. The van der Waals surface area contributed by atoms with Crippen molar-refractivity contribution < 1.29 is 38.2 Å². The van der Waals surface area contributed by atoms with Crippen molar-refractivity contribution in [3.8, 4) is 11.5 Å². The number of unbranched alkanes of at least 4 members (excludes halogenated alkanes) is 1. The third kappa shape index (κ3) is 12.7. The summed E-state index contributed by atoms with van der Waals surface area (Å²) in [5.41, 5.74) is 3.69. The lowest BCUT2D eigenvalue weighted by molar-refractivity contribution is -0.141. The van der Waals surface area contributed by atoms with E-state index in [-0.39, 0.29) is 48.8 Å². The van der Waals surface area contributed by atoms with E-state index in [4.69, 9.17) is 14.2 Å². The van der Waals surface area contributed by atoms with Gasteiger partial charge < -0.3 is 35.1 Å². The maximum atomic E-state index is 13.7. The molecular weight excluding hydrogens is 749 g/mol. The zero-order chi connectivity index (χ0) is 42.4. The van der Waals surface area contributed by atoms with Crippen LogP contribution < -0.4 is 25.4 Å². The van der Waals surface area contributed by atoms with Crippen molar-refractivity contribution in [2.45, 2.75) is 89.4 Å². The number of Topliss-reactive ketones (excluding diaryl/α,β-unsaturated/α-hetero) is 1. The first-order valence-corrected chi connectivity index (χ1v) is 20.1. The fourth-order valence-electron chi connectivity index (χ4n) is 7.18. The van der Waals surface area contributed by atoms with E-state index in [1.807, 2.05) is 84.9 Å². The van der Waals surface area contributed by atoms with Crippen LogP contribution in [0.5, 0.6) is 11.5 Å². The van der Waals surface area contributed by atoms with Crippen LogP contribution in [-0.2, 0) is 32.1 Å². The normalized spacial score (nSPS) is 14.1. The van der Waals surface area contributed by atoms with Crippen molar-refractivity contribution >= 4 is 29.6 Å². The molecule has 5 rings (SSSR count). The van der Waals surface area contributed by atoms with Crippen molar-refractivity contribution in [2.75, 3.05) is 27.3 Å².